The van der Waals surface area contributed by atoms with E-state index in [-0.39, 0.29) is 42.6 Å². The number of carbonyl (C=O) groups excluding carboxylic acids is 4. The Morgan fingerprint density at radius 2 is 1.36 bits per heavy atom. The zero-order valence-corrected chi connectivity index (χ0v) is 39.5. The first-order chi connectivity index (χ1) is 31.3. The first-order valence-corrected chi connectivity index (χ1v) is 22.1. The van der Waals surface area contributed by atoms with Gasteiger partial charge in [0.2, 0.25) is 11.6 Å². The van der Waals surface area contributed by atoms with Crippen molar-refractivity contribution in [3.05, 3.63) is 157 Å². The van der Waals surface area contributed by atoms with E-state index in [1.54, 1.807) is 98.2 Å². The zero-order chi connectivity index (χ0) is 47.5. The first kappa shape index (κ1) is 46.9. The molecule has 2 heterocycles. The number of amides is 2. The minimum absolute atomic E-state index is 0.00682. The van der Waals surface area contributed by atoms with E-state index >= 15 is 0 Å². The van der Waals surface area contributed by atoms with Crippen molar-refractivity contribution in [1.29, 1.82) is 0 Å². The molecule has 2 aromatic heterocycles. The molecule has 0 fully saturated rings. The van der Waals surface area contributed by atoms with Crippen molar-refractivity contribution < 1.29 is 38.1 Å². The Balaban J connectivity index is 1.17. The van der Waals surface area contributed by atoms with Crippen molar-refractivity contribution in [3.8, 4) is 22.6 Å². The molecular weight excluding hydrogens is 908 g/mol. The summed E-state index contributed by atoms with van der Waals surface area (Å²) < 4.78 is 25.5. The van der Waals surface area contributed by atoms with Crippen LogP contribution in [0.1, 0.15) is 96.3 Å². The third-order valence-electron chi connectivity index (χ3n) is 10.7. The summed E-state index contributed by atoms with van der Waals surface area (Å²) in [6.45, 7) is 12.1. The van der Waals surface area contributed by atoms with Gasteiger partial charge in [0.1, 0.15) is 35.3 Å². The lowest BCUT2D eigenvalue weighted by Crippen LogP contribution is -2.46. The third-order valence-corrected chi connectivity index (χ3v) is 11.5. The molecule has 0 aliphatic heterocycles. The molecule has 0 radical (unpaired) electrons. The molecule has 342 valence electrons. The number of benzene rings is 4. The molecule has 1 aliphatic rings. The standard InChI is InChI=1S/C50H51BrN6O9/c1-29-39(51)27-56(26-31-19-23-33(63-8)24-20-31)45(59)41(29)53-44(58)40(52-48(62)64-28-38-36-15-11-9-13-34(36)35-14-10-12-16-37(35)38)25-30-17-21-32(22-18-30)57-43(47(61)66-50(5,6)7)42(54-55-57)46(60)65-49(2,3)4/h9-24,27,38,40H,25-26,28H2,1-8H3,(H,52,62)(H,53,58)/t40-/m0/s1. The molecule has 7 rings (SSSR count). The van der Waals surface area contributed by atoms with E-state index in [9.17, 15) is 24.0 Å². The minimum Gasteiger partial charge on any atom is -0.497 e. The van der Waals surface area contributed by atoms with Crippen LogP contribution in [0.15, 0.2) is 113 Å². The van der Waals surface area contributed by atoms with Gasteiger partial charge < -0.3 is 34.1 Å². The van der Waals surface area contributed by atoms with Crippen LogP contribution < -0.4 is 20.9 Å². The van der Waals surface area contributed by atoms with Crippen molar-refractivity contribution in [1.82, 2.24) is 24.9 Å². The number of pyridine rings is 1. The second kappa shape index (κ2) is 19.2. The molecule has 0 unspecified atom stereocenters. The molecule has 2 amide bonds. The van der Waals surface area contributed by atoms with E-state index in [1.807, 2.05) is 60.7 Å². The van der Waals surface area contributed by atoms with E-state index in [1.165, 1.54) is 9.25 Å². The van der Waals surface area contributed by atoms with E-state index in [0.717, 1.165) is 27.8 Å². The topological polar surface area (TPSA) is 182 Å². The van der Waals surface area contributed by atoms with Gasteiger partial charge in [0, 0.05) is 23.0 Å². The summed E-state index contributed by atoms with van der Waals surface area (Å²) in [5, 5.41) is 13.7. The molecule has 2 N–H and O–H groups in total. The van der Waals surface area contributed by atoms with Gasteiger partial charge in [-0.3, -0.25) is 9.59 Å². The molecule has 66 heavy (non-hydrogen) atoms. The Hall–Kier alpha value is -7.07. The molecule has 0 spiro atoms. The second-order valence-corrected chi connectivity index (χ2v) is 18.7. The Kier molecular flexibility index (Phi) is 13.6. The molecule has 4 aromatic carbocycles. The van der Waals surface area contributed by atoms with Crippen LogP contribution in [0.2, 0.25) is 0 Å². The number of hydrogen-bond donors (Lipinski definition) is 2. The van der Waals surface area contributed by atoms with Gasteiger partial charge >= 0.3 is 18.0 Å². The number of ether oxygens (including phenoxy) is 4. The number of nitrogens with zero attached hydrogens (tertiary/aromatic N) is 4. The number of alkyl carbamates (subject to hydrolysis) is 1. The van der Waals surface area contributed by atoms with Crippen molar-refractivity contribution >= 4 is 45.6 Å². The molecule has 1 atom stereocenters. The lowest BCUT2D eigenvalue weighted by molar-refractivity contribution is -0.118. The number of halogens is 1. The molecule has 15 nitrogen and oxygen atoms in total. The molecule has 0 saturated carbocycles. The van der Waals surface area contributed by atoms with E-state index in [0.29, 0.717) is 27.0 Å². The normalized spacial score (nSPS) is 12.7. The van der Waals surface area contributed by atoms with Gasteiger partial charge in [0.25, 0.3) is 5.56 Å². The number of hydrogen-bond acceptors (Lipinski definition) is 11. The maximum absolute atomic E-state index is 14.4. The van der Waals surface area contributed by atoms with Gasteiger partial charge in [-0.1, -0.05) is 78.0 Å². The summed E-state index contributed by atoms with van der Waals surface area (Å²) in [7, 11) is 1.57. The number of carbonyl (C=O) groups is 4. The fraction of sp³-hybridized carbons (Fsp3) is 0.300. The summed E-state index contributed by atoms with van der Waals surface area (Å²) in [5.41, 5.74) is 3.64. The summed E-state index contributed by atoms with van der Waals surface area (Å²) >= 11 is 3.55. The zero-order valence-electron chi connectivity index (χ0n) is 37.9. The predicted molar refractivity (Wildman–Crippen MR) is 251 cm³/mol. The van der Waals surface area contributed by atoms with Gasteiger partial charge in [-0.15, -0.1) is 5.10 Å². The van der Waals surface area contributed by atoms with Gasteiger partial charge in [-0.2, -0.15) is 0 Å². The quantitative estimate of drug-likeness (QED) is 0.0836. The molecule has 6 aromatic rings. The fourth-order valence-corrected chi connectivity index (χ4v) is 8.00. The van der Waals surface area contributed by atoms with Gasteiger partial charge in [0.05, 0.1) is 19.3 Å². The van der Waals surface area contributed by atoms with Gasteiger partial charge in [0.15, 0.2) is 5.69 Å². The van der Waals surface area contributed by atoms with Crippen LogP contribution in [0.5, 0.6) is 5.75 Å². The van der Waals surface area contributed by atoms with Crippen LogP contribution in [0.3, 0.4) is 0 Å². The molecule has 1 aliphatic carbocycles. The number of nitrogens with one attached hydrogen (secondary N) is 2. The van der Waals surface area contributed by atoms with Crippen molar-refractivity contribution in [2.45, 2.75) is 84.6 Å². The average Bonchev–Trinajstić information content (AvgIpc) is 3.86. The van der Waals surface area contributed by atoms with E-state index < -0.39 is 46.7 Å². The summed E-state index contributed by atoms with van der Waals surface area (Å²) in [6.07, 6.45) is 0.768. The van der Waals surface area contributed by atoms with E-state index in [4.69, 9.17) is 18.9 Å². The van der Waals surface area contributed by atoms with Crippen LogP contribution in [0.25, 0.3) is 16.8 Å². The average molecular weight is 960 g/mol. The highest BCUT2D eigenvalue weighted by atomic mass is 79.9. The maximum Gasteiger partial charge on any atom is 0.407 e. The predicted octanol–water partition coefficient (Wildman–Crippen LogP) is 8.56. The molecule has 0 bridgehead atoms. The lowest BCUT2D eigenvalue weighted by atomic mass is 9.98. The third kappa shape index (κ3) is 10.7. The number of fused-ring (bicyclic) bond motifs is 3. The number of aromatic nitrogens is 4. The molecule has 0 saturated heterocycles. The van der Waals surface area contributed by atoms with Crippen LogP contribution in [-0.4, -0.2) is 74.5 Å². The van der Waals surface area contributed by atoms with Crippen LogP contribution in [0.4, 0.5) is 10.5 Å². The van der Waals surface area contributed by atoms with Gasteiger partial charge in [-0.05, 0) is 128 Å². The fourth-order valence-electron chi connectivity index (χ4n) is 7.55. The number of esters is 2. The lowest BCUT2D eigenvalue weighted by Gasteiger charge is -2.21. The number of methoxy groups -OCH3 is 1. The highest BCUT2D eigenvalue weighted by molar-refractivity contribution is 9.10. The smallest absolute Gasteiger partial charge is 0.407 e. The molecular formula is C50H51BrN6O9. The Morgan fingerprint density at radius 1 is 0.788 bits per heavy atom. The van der Waals surface area contributed by atoms with E-state index in [2.05, 4.69) is 36.9 Å². The monoisotopic (exact) mass is 958 g/mol. The van der Waals surface area contributed by atoms with Gasteiger partial charge in [-0.25, -0.2) is 19.1 Å². The highest BCUT2D eigenvalue weighted by Crippen LogP contribution is 2.44. The summed E-state index contributed by atoms with van der Waals surface area (Å²) in [6, 6.07) is 28.5. The minimum atomic E-state index is -1.25. The van der Waals surface area contributed by atoms with Crippen molar-refractivity contribution in [2.75, 3.05) is 19.0 Å². The molecule has 16 heteroatoms. The van der Waals surface area contributed by atoms with Crippen LogP contribution in [-0.2, 0) is 32.0 Å². The second-order valence-electron chi connectivity index (χ2n) is 17.8. The Bertz CT molecular complexity index is 2810. The highest BCUT2D eigenvalue weighted by Gasteiger charge is 2.34. The summed E-state index contributed by atoms with van der Waals surface area (Å²) in [5.74, 6) is -1.92. The van der Waals surface area contributed by atoms with Crippen molar-refractivity contribution in [2.24, 2.45) is 0 Å². The van der Waals surface area contributed by atoms with Crippen molar-refractivity contribution in [3.63, 3.8) is 0 Å². The first-order valence-electron chi connectivity index (χ1n) is 21.3. The number of rotatable bonds is 13. The Morgan fingerprint density at radius 3 is 1.95 bits per heavy atom. The largest absolute Gasteiger partial charge is 0.497 e. The summed E-state index contributed by atoms with van der Waals surface area (Å²) in [4.78, 5) is 68.9. The Labute approximate surface area is 390 Å². The maximum atomic E-state index is 14.4. The van der Waals surface area contributed by atoms with Crippen LogP contribution >= 0.6 is 15.9 Å². The number of anilines is 1. The SMILES string of the molecule is COc1ccc(Cn2cc(Br)c(C)c(NC(=O)[C@H](Cc3ccc(-n4nnc(C(=O)OC(C)(C)C)c4C(=O)OC(C)(C)C)cc3)NC(=O)OCC3c4ccccc4-c4ccccc43)c2=O)cc1. The van der Waals surface area contributed by atoms with Crippen LogP contribution in [0, 0.1) is 6.92 Å².